The molecule has 2 aromatic rings. The lowest BCUT2D eigenvalue weighted by Gasteiger charge is -2.22. The molecule has 1 aromatic heterocycles. The third kappa shape index (κ3) is 2.33. The molecule has 112 valence electrons. The molecule has 1 saturated carbocycles. The van der Waals surface area contributed by atoms with Crippen molar-refractivity contribution in [2.75, 3.05) is 0 Å². The third-order valence-electron chi connectivity index (χ3n) is 4.98. The molecule has 4 nitrogen and oxygen atoms in total. The van der Waals surface area contributed by atoms with Crippen LogP contribution in [0.25, 0.3) is 11.0 Å². The summed E-state index contributed by atoms with van der Waals surface area (Å²) in [6, 6.07) is 5.26. The number of hydrogen-bond acceptors (Lipinski definition) is 2. The Morgan fingerprint density at radius 2 is 2.14 bits per heavy atom. The first-order valence-corrected chi connectivity index (χ1v) is 7.69. The van der Waals surface area contributed by atoms with Crippen molar-refractivity contribution in [1.82, 2.24) is 9.55 Å². The van der Waals surface area contributed by atoms with Gasteiger partial charge in [0.2, 0.25) is 0 Å². The fourth-order valence-corrected chi connectivity index (χ4v) is 3.15. The predicted molar refractivity (Wildman–Crippen MR) is 82.6 cm³/mol. The zero-order valence-corrected chi connectivity index (χ0v) is 12.9. The van der Waals surface area contributed by atoms with E-state index >= 15 is 0 Å². The summed E-state index contributed by atoms with van der Waals surface area (Å²) in [5, 5.41) is 9.11. The summed E-state index contributed by atoms with van der Waals surface area (Å²) >= 11 is 0. The SMILES string of the molecule is CCc1nc2cc(C(=O)O)ccc2n1CC1(C(C)C)CC1. The summed E-state index contributed by atoms with van der Waals surface area (Å²) < 4.78 is 2.30. The van der Waals surface area contributed by atoms with E-state index in [-0.39, 0.29) is 0 Å². The quantitative estimate of drug-likeness (QED) is 0.911. The molecule has 0 radical (unpaired) electrons. The molecule has 3 rings (SSSR count). The van der Waals surface area contributed by atoms with E-state index in [9.17, 15) is 4.79 Å². The molecule has 0 saturated heterocycles. The molecule has 1 heterocycles. The monoisotopic (exact) mass is 286 g/mol. The highest BCUT2D eigenvalue weighted by atomic mass is 16.4. The van der Waals surface area contributed by atoms with Crippen molar-refractivity contribution in [2.45, 2.75) is 46.6 Å². The Bertz CT molecular complexity index is 696. The maximum absolute atomic E-state index is 11.1. The molecule has 0 amide bonds. The maximum Gasteiger partial charge on any atom is 0.335 e. The number of carboxylic acid groups (broad SMARTS) is 1. The zero-order chi connectivity index (χ0) is 15.2. The number of fused-ring (bicyclic) bond motifs is 1. The highest BCUT2D eigenvalue weighted by molar-refractivity contribution is 5.92. The summed E-state index contributed by atoms with van der Waals surface area (Å²) in [4.78, 5) is 15.7. The zero-order valence-electron chi connectivity index (χ0n) is 12.9. The number of aromatic nitrogens is 2. The Hall–Kier alpha value is -1.84. The average Bonchev–Trinajstić information content (AvgIpc) is 3.15. The smallest absolute Gasteiger partial charge is 0.335 e. The number of rotatable bonds is 5. The van der Waals surface area contributed by atoms with Gasteiger partial charge in [0.05, 0.1) is 16.6 Å². The number of aryl methyl sites for hydroxylation is 1. The molecule has 0 unspecified atom stereocenters. The molecule has 1 N–H and O–H groups in total. The molecule has 4 heteroatoms. The Labute approximate surface area is 124 Å². The van der Waals surface area contributed by atoms with Crippen LogP contribution in [0.1, 0.15) is 49.8 Å². The van der Waals surface area contributed by atoms with Gasteiger partial charge in [-0.25, -0.2) is 9.78 Å². The Kier molecular flexibility index (Phi) is 3.27. The van der Waals surface area contributed by atoms with Crippen LogP contribution in [0.5, 0.6) is 0 Å². The van der Waals surface area contributed by atoms with Crippen molar-refractivity contribution in [3.8, 4) is 0 Å². The molecule has 0 bridgehead atoms. The first kappa shape index (κ1) is 14.1. The van der Waals surface area contributed by atoms with Crippen LogP contribution in [0.15, 0.2) is 18.2 Å². The van der Waals surface area contributed by atoms with Gasteiger partial charge in [0.15, 0.2) is 0 Å². The first-order chi connectivity index (χ1) is 9.97. The standard InChI is InChI=1S/C17H22N2O2/c1-4-15-18-13-9-12(16(20)21)5-6-14(13)19(15)10-17(7-8-17)11(2)3/h5-6,9,11H,4,7-8,10H2,1-3H3,(H,20,21). The summed E-state index contributed by atoms with van der Waals surface area (Å²) in [6.45, 7) is 7.68. The van der Waals surface area contributed by atoms with Crippen LogP contribution in [0.2, 0.25) is 0 Å². The van der Waals surface area contributed by atoms with Crippen LogP contribution in [0, 0.1) is 11.3 Å². The van der Waals surface area contributed by atoms with Crippen LogP contribution >= 0.6 is 0 Å². The molecule has 1 aliphatic rings. The Balaban J connectivity index is 2.06. The van der Waals surface area contributed by atoms with Crippen LogP contribution in [0.4, 0.5) is 0 Å². The summed E-state index contributed by atoms with van der Waals surface area (Å²) in [5.74, 6) is 0.822. The second-order valence-corrected chi connectivity index (χ2v) is 6.49. The highest BCUT2D eigenvalue weighted by Crippen LogP contribution is 2.53. The topological polar surface area (TPSA) is 55.1 Å². The molecule has 1 aromatic carbocycles. The lowest BCUT2D eigenvalue weighted by atomic mass is 9.92. The number of benzene rings is 1. The Morgan fingerprint density at radius 3 is 2.67 bits per heavy atom. The molecular formula is C17H22N2O2. The first-order valence-electron chi connectivity index (χ1n) is 7.69. The highest BCUT2D eigenvalue weighted by Gasteiger charge is 2.45. The predicted octanol–water partition coefficient (Wildman–Crippen LogP) is 3.73. The van der Waals surface area contributed by atoms with Crippen molar-refractivity contribution in [3.63, 3.8) is 0 Å². The van der Waals surface area contributed by atoms with Crippen LogP contribution in [0.3, 0.4) is 0 Å². The van der Waals surface area contributed by atoms with Crippen molar-refractivity contribution < 1.29 is 9.90 Å². The molecule has 1 fully saturated rings. The molecular weight excluding hydrogens is 264 g/mol. The van der Waals surface area contributed by atoms with Gasteiger partial charge < -0.3 is 9.67 Å². The van der Waals surface area contributed by atoms with E-state index in [1.54, 1.807) is 12.1 Å². The number of nitrogens with zero attached hydrogens (tertiary/aromatic N) is 2. The summed E-state index contributed by atoms with van der Waals surface area (Å²) in [7, 11) is 0. The van der Waals surface area contributed by atoms with E-state index in [2.05, 4.69) is 30.3 Å². The number of hydrogen-bond donors (Lipinski definition) is 1. The molecule has 1 aliphatic carbocycles. The van der Waals surface area contributed by atoms with Gasteiger partial charge in [-0.2, -0.15) is 0 Å². The normalized spacial score (nSPS) is 16.6. The van der Waals surface area contributed by atoms with E-state index in [0.29, 0.717) is 16.9 Å². The van der Waals surface area contributed by atoms with Gasteiger partial charge in [0, 0.05) is 13.0 Å². The second-order valence-electron chi connectivity index (χ2n) is 6.49. The number of imidazole rings is 1. The lowest BCUT2D eigenvalue weighted by Crippen LogP contribution is -2.19. The van der Waals surface area contributed by atoms with E-state index in [1.165, 1.54) is 12.8 Å². The van der Waals surface area contributed by atoms with E-state index in [1.807, 2.05) is 6.07 Å². The van der Waals surface area contributed by atoms with E-state index < -0.39 is 5.97 Å². The summed E-state index contributed by atoms with van der Waals surface area (Å²) in [6.07, 6.45) is 3.42. The van der Waals surface area contributed by atoms with Gasteiger partial charge >= 0.3 is 5.97 Å². The van der Waals surface area contributed by atoms with E-state index in [4.69, 9.17) is 5.11 Å². The van der Waals surface area contributed by atoms with Crippen molar-refractivity contribution in [3.05, 3.63) is 29.6 Å². The minimum absolute atomic E-state index is 0.305. The van der Waals surface area contributed by atoms with Crippen LogP contribution in [-0.2, 0) is 13.0 Å². The number of carbonyl (C=O) groups is 1. The third-order valence-corrected chi connectivity index (χ3v) is 4.98. The number of aromatic carboxylic acids is 1. The van der Waals surface area contributed by atoms with Gasteiger partial charge in [-0.05, 0) is 42.4 Å². The average molecular weight is 286 g/mol. The van der Waals surface area contributed by atoms with E-state index in [0.717, 1.165) is 29.8 Å². The van der Waals surface area contributed by atoms with Gasteiger partial charge in [-0.1, -0.05) is 20.8 Å². The molecule has 0 spiro atoms. The molecule has 0 aliphatic heterocycles. The number of carboxylic acids is 1. The molecule has 0 atom stereocenters. The van der Waals surface area contributed by atoms with Gasteiger partial charge in [0.25, 0.3) is 0 Å². The lowest BCUT2D eigenvalue weighted by molar-refractivity contribution is 0.0697. The maximum atomic E-state index is 11.1. The second kappa shape index (κ2) is 4.86. The minimum Gasteiger partial charge on any atom is -0.478 e. The Morgan fingerprint density at radius 1 is 1.43 bits per heavy atom. The minimum atomic E-state index is -0.898. The van der Waals surface area contributed by atoms with Crippen molar-refractivity contribution >= 4 is 17.0 Å². The van der Waals surface area contributed by atoms with Gasteiger partial charge in [-0.3, -0.25) is 0 Å². The van der Waals surface area contributed by atoms with Gasteiger partial charge in [0.1, 0.15) is 5.82 Å². The van der Waals surface area contributed by atoms with Gasteiger partial charge in [-0.15, -0.1) is 0 Å². The van der Waals surface area contributed by atoms with Crippen LogP contribution < -0.4 is 0 Å². The van der Waals surface area contributed by atoms with Crippen molar-refractivity contribution in [2.24, 2.45) is 11.3 Å². The largest absolute Gasteiger partial charge is 0.478 e. The summed E-state index contributed by atoms with van der Waals surface area (Å²) in [5.41, 5.74) is 2.57. The fraction of sp³-hybridized carbons (Fsp3) is 0.529. The molecule has 21 heavy (non-hydrogen) atoms. The fourth-order valence-electron chi connectivity index (χ4n) is 3.15. The van der Waals surface area contributed by atoms with Crippen molar-refractivity contribution in [1.29, 1.82) is 0 Å². The van der Waals surface area contributed by atoms with Crippen LogP contribution in [-0.4, -0.2) is 20.6 Å².